The normalized spacial score (nSPS) is 17.8. The van der Waals surface area contributed by atoms with Gasteiger partial charge < -0.3 is 10.2 Å². The van der Waals surface area contributed by atoms with Crippen LogP contribution in [0.3, 0.4) is 0 Å². The number of Topliss-reactive ketones (excluding diaryl/α,β-unsaturated/α-hetero) is 1. The number of allylic oxidation sites excluding steroid dienone is 1. The third-order valence-corrected chi connectivity index (χ3v) is 5.52. The Labute approximate surface area is 143 Å². The third kappa shape index (κ3) is 2.76. The summed E-state index contributed by atoms with van der Waals surface area (Å²) in [4.78, 5) is 23.7. The van der Waals surface area contributed by atoms with Crippen molar-refractivity contribution >= 4 is 27.5 Å². The van der Waals surface area contributed by atoms with Gasteiger partial charge in [-0.3, -0.25) is 9.59 Å². The lowest BCUT2D eigenvalue weighted by atomic mass is 10.0. The number of carboxylic acids is 1. The molecule has 8 heteroatoms. The van der Waals surface area contributed by atoms with Crippen LogP contribution in [0.15, 0.2) is 65.2 Å². The van der Waals surface area contributed by atoms with E-state index in [0.29, 0.717) is 4.31 Å². The van der Waals surface area contributed by atoms with Crippen molar-refractivity contribution in [3.63, 3.8) is 0 Å². The van der Waals surface area contributed by atoms with Crippen LogP contribution < -0.4 is 0 Å². The number of ketones is 1. The van der Waals surface area contributed by atoms with Crippen molar-refractivity contribution < 1.29 is 28.2 Å². The molecule has 0 atom stereocenters. The first-order valence-electron chi connectivity index (χ1n) is 7.21. The van der Waals surface area contributed by atoms with Gasteiger partial charge >= 0.3 is 5.97 Å². The highest BCUT2D eigenvalue weighted by atomic mass is 32.2. The van der Waals surface area contributed by atoms with E-state index in [1.165, 1.54) is 36.4 Å². The number of sulfonamides is 1. The molecule has 2 aromatic carbocycles. The molecule has 128 valence electrons. The summed E-state index contributed by atoms with van der Waals surface area (Å²) in [6.07, 6.45) is 0. The maximum Gasteiger partial charge on any atom is 0.324 e. The molecule has 0 fully saturated rings. The van der Waals surface area contributed by atoms with Gasteiger partial charge in [-0.1, -0.05) is 42.5 Å². The van der Waals surface area contributed by atoms with Crippen LogP contribution >= 0.6 is 0 Å². The molecule has 0 unspecified atom stereocenters. The van der Waals surface area contributed by atoms with Crippen molar-refractivity contribution in [3.8, 4) is 0 Å². The Kier molecular flexibility index (Phi) is 4.05. The van der Waals surface area contributed by atoms with E-state index in [0.717, 1.165) is 0 Å². The number of carboxylic acid groups (broad SMARTS) is 1. The monoisotopic (exact) mass is 359 g/mol. The number of fused-ring (bicyclic) bond motifs is 1. The minimum atomic E-state index is -4.30. The van der Waals surface area contributed by atoms with E-state index < -0.39 is 39.8 Å². The second-order valence-electron chi connectivity index (χ2n) is 5.29. The smallest absolute Gasteiger partial charge is 0.324 e. The van der Waals surface area contributed by atoms with Crippen LogP contribution in [0.4, 0.5) is 0 Å². The van der Waals surface area contributed by atoms with Gasteiger partial charge in [0.15, 0.2) is 5.76 Å². The average Bonchev–Trinajstić information content (AvgIpc) is 2.60. The third-order valence-electron chi connectivity index (χ3n) is 3.71. The summed E-state index contributed by atoms with van der Waals surface area (Å²) in [5.74, 6) is -2.80. The van der Waals surface area contributed by atoms with E-state index in [-0.39, 0.29) is 16.0 Å². The van der Waals surface area contributed by atoms with Gasteiger partial charge in [0.2, 0.25) is 5.78 Å². The highest BCUT2D eigenvalue weighted by Gasteiger charge is 2.42. The fourth-order valence-electron chi connectivity index (χ4n) is 2.60. The summed E-state index contributed by atoms with van der Waals surface area (Å²) in [5.41, 5.74) is -0.482. The van der Waals surface area contributed by atoms with Crippen molar-refractivity contribution in [1.29, 1.82) is 0 Å². The summed E-state index contributed by atoms with van der Waals surface area (Å²) in [5, 5.41) is 19.6. The summed E-state index contributed by atoms with van der Waals surface area (Å²) in [6, 6.07) is 13.4. The van der Waals surface area contributed by atoms with Crippen molar-refractivity contribution in [2.45, 2.75) is 4.90 Å². The van der Waals surface area contributed by atoms with Crippen LogP contribution in [0.5, 0.6) is 0 Å². The lowest BCUT2D eigenvalue weighted by Crippen LogP contribution is -2.42. The SMILES string of the molecule is O=C(O)CN1/C(=C(/O)c2ccccc2)C(=O)c2ccccc2S1(=O)=O. The molecule has 7 nitrogen and oxygen atoms in total. The number of carbonyl (C=O) groups excluding carboxylic acids is 1. The maximum absolute atomic E-state index is 12.8. The first-order chi connectivity index (χ1) is 11.8. The zero-order chi connectivity index (χ0) is 18.2. The first kappa shape index (κ1) is 16.7. The molecule has 1 aliphatic rings. The summed E-state index contributed by atoms with van der Waals surface area (Å²) in [6.45, 7) is -0.978. The fourth-order valence-corrected chi connectivity index (χ4v) is 4.22. The van der Waals surface area contributed by atoms with Crippen LogP contribution in [0.1, 0.15) is 15.9 Å². The molecule has 0 saturated carbocycles. The fraction of sp³-hybridized carbons (Fsp3) is 0.0588. The minimum Gasteiger partial charge on any atom is -0.505 e. The second kappa shape index (κ2) is 6.06. The topological polar surface area (TPSA) is 112 Å². The zero-order valence-electron chi connectivity index (χ0n) is 12.8. The summed E-state index contributed by atoms with van der Waals surface area (Å²) < 4.78 is 26.0. The van der Waals surface area contributed by atoms with E-state index in [1.807, 2.05) is 0 Å². The van der Waals surface area contributed by atoms with E-state index in [4.69, 9.17) is 5.11 Å². The molecule has 0 radical (unpaired) electrons. The molecular formula is C17H13NO6S. The Balaban J connectivity index is 2.33. The number of carbonyl (C=O) groups is 2. The standard InChI is InChI=1S/C17H13NO6S/c19-14(20)10-18-15(16(21)11-6-2-1-3-7-11)17(22)12-8-4-5-9-13(12)25(18,23)24/h1-9,21H,10H2,(H,19,20)/b16-15+. The van der Waals surface area contributed by atoms with Gasteiger partial charge in [0.25, 0.3) is 10.0 Å². The molecule has 2 aromatic rings. The van der Waals surface area contributed by atoms with Crippen LogP contribution in [0.25, 0.3) is 5.76 Å². The van der Waals surface area contributed by atoms with Gasteiger partial charge in [-0.05, 0) is 12.1 Å². The van der Waals surface area contributed by atoms with Crippen molar-refractivity contribution in [2.24, 2.45) is 0 Å². The largest absolute Gasteiger partial charge is 0.505 e. The summed E-state index contributed by atoms with van der Waals surface area (Å²) >= 11 is 0. The van der Waals surface area contributed by atoms with Crippen molar-refractivity contribution in [3.05, 3.63) is 71.4 Å². The molecule has 0 saturated heterocycles. The predicted molar refractivity (Wildman–Crippen MR) is 88.3 cm³/mol. The number of aliphatic carboxylic acids is 1. The van der Waals surface area contributed by atoms with E-state index in [2.05, 4.69) is 0 Å². The number of rotatable bonds is 3. The number of nitrogens with zero attached hydrogens (tertiary/aromatic N) is 1. The lowest BCUT2D eigenvalue weighted by molar-refractivity contribution is -0.136. The maximum atomic E-state index is 12.8. The van der Waals surface area contributed by atoms with Crippen molar-refractivity contribution in [2.75, 3.05) is 6.54 Å². The second-order valence-corrected chi connectivity index (χ2v) is 7.12. The van der Waals surface area contributed by atoms with Gasteiger partial charge in [0.05, 0.1) is 4.90 Å². The Hall–Kier alpha value is -3.13. The van der Waals surface area contributed by atoms with Crippen LogP contribution in [0.2, 0.25) is 0 Å². The number of aliphatic hydroxyl groups excluding tert-OH is 1. The molecule has 0 amide bonds. The average molecular weight is 359 g/mol. The molecule has 1 aliphatic heterocycles. The van der Waals surface area contributed by atoms with Gasteiger partial charge in [-0.2, -0.15) is 0 Å². The van der Waals surface area contributed by atoms with Gasteiger partial charge in [0, 0.05) is 11.1 Å². The van der Waals surface area contributed by atoms with Crippen LogP contribution in [-0.4, -0.2) is 41.2 Å². The quantitative estimate of drug-likeness (QED) is 0.639. The molecular weight excluding hydrogens is 346 g/mol. The van der Waals surface area contributed by atoms with Crippen molar-refractivity contribution in [1.82, 2.24) is 4.31 Å². The van der Waals surface area contributed by atoms with Crippen LogP contribution in [0, 0.1) is 0 Å². The predicted octanol–water partition coefficient (Wildman–Crippen LogP) is 1.89. The highest BCUT2D eigenvalue weighted by molar-refractivity contribution is 7.89. The van der Waals surface area contributed by atoms with Gasteiger partial charge in [-0.25, -0.2) is 12.7 Å². The van der Waals surface area contributed by atoms with Gasteiger partial charge in [-0.15, -0.1) is 0 Å². The number of hydrogen-bond donors (Lipinski definition) is 2. The first-order valence-corrected chi connectivity index (χ1v) is 8.65. The number of benzene rings is 2. The molecule has 0 aromatic heterocycles. The molecule has 0 aliphatic carbocycles. The molecule has 25 heavy (non-hydrogen) atoms. The number of aliphatic hydroxyl groups is 1. The van der Waals surface area contributed by atoms with E-state index in [9.17, 15) is 23.1 Å². The van der Waals surface area contributed by atoms with E-state index >= 15 is 0 Å². The molecule has 3 rings (SSSR count). The van der Waals surface area contributed by atoms with E-state index in [1.54, 1.807) is 18.2 Å². The molecule has 0 bridgehead atoms. The van der Waals surface area contributed by atoms with Crippen LogP contribution in [-0.2, 0) is 14.8 Å². The minimum absolute atomic E-state index is 0.110. The Bertz CT molecular complexity index is 995. The molecule has 0 spiro atoms. The van der Waals surface area contributed by atoms with Gasteiger partial charge in [0.1, 0.15) is 12.2 Å². The molecule has 2 N–H and O–H groups in total. The zero-order valence-corrected chi connectivity index (χ0v) is 13.6. The Morgan fingerprint density at radius 2 is 1.56 bits per heavy atom. The highest BCUT2D eigenvalue weighted by Crippen LogP contribution is 2.35. The Morgan fingerprint density at radius 1 is 0.960 bits per heavy atom. The molecule has 1 heterocycles. The Morgan fingerprint density at radius 3 is 2.20 bits per heavy atom. The lowest BCUT2D eigenvalue weighted by Gasteiger charge is -2.30. The number of hydrogen-bond acceptors (Lipinski definition) is 5. The summed E-state index contributed by atoms with van der Waals surface area (Å²) in [7, 11) is -4.30.